The van der Waals surface area contributed by atoms with E-state index in [1.807, 2.05) is 0 Å². The van der Waals surface area contributed by atoms with Crippen molar-refractivity contribution in [3.63, 3.8) is 0 Å². The average molecular weight is 318 g/mol. The van der Waals surface area contributed by atoms with Crippen LogP contribution in [-0.2, 0) is 19.6 Å². The Balaban J connectivity index is 2.25. The lowest BCUT2D eigenvalue weighted by molar-refractivity contribution is -0.141. The first kappa shape index (κ1) is 15.3. The molecular formula is C12H18N2O4S2. The van der Waals surface area contributed by atoms with Gasteiger partial charge in [0.1, 0.15) is 4.21 Å². The van der Waals surface area contributed by atoms with Crippen molar-refractivity contribution in [3.8, 4) is 0 Å². The number of carbonyl (C=O) groups excluding carboxylic acids is 1. The van der Waals surface area contributed by atoms with Gasteiger partial charge in [0.2, 0.25) is 0 Å². The number of thiophene rings is 1. The number of hydrogen-bond donors (Lipinski definition) is 1. The van der Waals surface area contributed by atoms with E-state index >= 15 is 0 Å². The Morgan fingerprint density at radius 2 is 2.30 bits per heavy atom. The van der Waals surface area contributed by atoms with Crippen molar-refractivity contribution in [1.29, 1.82) is 0 Å². The van der Waals surface area contributed by atoms with E-state index in [0.29, 0.717) is 18.7 Å². The summed E-state index contributed by atoms with van der Waals surface area (Å²) in [5.74, 6) is -0.386. The first-order chi connectivity index (χ1) is 9.45. The molecule has 1 aliphatic rings. The molecule has 1 saturated heterocycles. The van der Waals surface area contributed by atoms with Crippen LogP contribution < -0.4 is 5.73 Å². The molecule has 1 aliphatic heterocycles. The number of sulfonamides is 1. The van der Waals surface area contributed by atoms with E-state index in [1.165, 1.54) is 17.5 Å². The fourth-order valence-corrected chi connectivity index (χ4v) is 5.25. The summed E-state index contributed by atoms with van der Waals surface area (Å²) in [6.45, 7) is 0.432. The lowest BCUT2D eigenvalue weighted by atomic mass is 10.0. The predicted molar refractivity (Wildman–Crippen MR) is 76.9 cm³/mol. The van der Waals surface area contributed by atoms with Crippen molar-refractivity contribution in [1.82, 2.24) is 4.31 Å². The molecule has 112 valence electrons. The Hall–Kier alpha value is -1.12. The molecule has 1 fully saturated rings. The molecule has 0 aromatic carbocycles. The van der Waals surface area contributed by atoms with E-state index in [2.05, 4.69) is 4.74 Å². The Labute approximate surface area is 122 Å². The molecule has 0 bridgehead atoms. The SMILES string of the molecule is COC(=O)CC1CCCCN1S(=O)(=O)c1cc(N)cs1. The van der Waals surface area contributed by atoms with Crippen molar-refractivity contribution in [2.75, 3.05) is 19.4 Å². The number of nitrogens with zero attached hydrogens (tertiary/aromatic N) is 1. The van der Waals surface area contributed by atoms with Gasteiger partial charge in [-0.15, -0.1) is 11.3 Å². The number of piperidine rings is 1. The molecule has 1 aromatic rings. The Kier molecular flexibility index (Phi) is 4.66. The fourth-order valence-electron chi connectivity index (χ4n) is 2.35. The monoisotopic (exact) mass is 318 g/mol. The van der Waals surface area contributed by atoms with E-state index < -0.39 is 10.0 Å². The zero-order valence-corrected chi connectivity index (χ0v) is 12.9. The van der Waals surface area contributed by atoms with E-state index in [0.717, 1.165) is 24.2 Å². The third kappa shape index (κ3) is 3.13. The molecule has 2 heterocycles. The predicted octanol–water partition coefficient (Wildman–Crippen LogP) is 1.44. The molecule has 1 aromatic heterocycles. The third-order valence-corrected chi connectivity index (χ3v) is 6.75. The van der Waals surface area contributed by atoms with Gasteiger partial charge in [-0.05, 0) is 18.9 Å². The molecule has 20 heavy (non-hydrogen) atoms. The lowest BCUT2D eigenvalue weighted by Gasteiger charge is -2.33. The van der Waals surface area contributed by atoms with Crippen LogP contribution in [0.3, 0.4) is 0 Å². The largest absolute Gasteiger partial charge is 0.469 e. The molecule has 8 heteroatoms. The Morgan fingerprint density at radius 1 is 1.55 bits per heavy atom. The summed E-state index contributed by atoms with van der Waals surface area (Å²) < 4.78 is 31.5. The van der Waals surface area contributed by atoms with Gasteiger partial charge in [-0.1, -0.05) is 6.42 Å². The van der Waals surface area contributed by atoms with Crippen molar-refractivity contribution in [2.45, 2.75) is 35.9 Å². The average Bonchev–Trinajstić information content (AvgIpc) is 2.86. The second-order valence-electron chi connectivity index (χ2n) is 4.74. The number of esters is 1. The molecule has 2 rings (SSSR count). The smallest absolute Gasteiger partial charge is 0.307 e. The third-order valence-electron chi connectivity index (χ3n) is 3.36. The van der Waals surface area contributed by atoms with Crippen LogP contribution >= 0.6 is 11.3 Å². The maximum absolute atomic E-state index is 12.6. The van der Waals surface area contributed by atoms with Crippen LogP contribution in [0.15, 0.2) is 15.7 Å². The minimum atomic E-state index is -3.58. The van der Waals surface area contributed by atoms with Crippen molar-refractivity contribution in [3.05, 3.63) is 11.4 Å². The highest BCUT2D eigenvalue weighted by molar-refractivity contribution is 7.91. The second-order valence-corrected chi connectivity index (χ2v) is 7.77. The van der Waals surface area contributed by atoms with Crippen LogP contribution in [0.5, 0.6) is 0 Å². The van der Waals surface area contributed by atoms with Crippen LogP contribution in [-0.4, -0.2) is 38.4 Å². The Bertz CT molecular complexity index is 582. The topological polar surface area (TPSA) is 89.7 Å². The van der Waals surface area contributed by atoms with Crippen LogP contribution in [0, 0.1) is 0 Å². The number of nitrogens with two attached hydrogens (primary N) is 1. The summed E-state index contributed by atoms with van der Waals surface area (Å²) in [6.07, 6.45) is 2.49. The molecule has 2 N–H and O–H groups in total. The molecule has 0 spiro atoms. The van der Waals surface area contributed by atoms with E-state index in [1.54, 1.807) is 5.38 Å². The molecule has 1 unspecified atom stereocenters. The summed E-state index contributed by atoms with van der Waals surface area (Å²) in [7, 11) is -2.27. The maximum atomic E-state index is 12.6. The van der Waals surface area contributed by atoms with Crippen LogP contribution in [0.1, 0.15) is 25.7 Å². The van der Waals surface area contributed by atoms with Crippen LogP contribution in [0.25, 0.3) is 0 Å². The number of ether oxygens (including phenoxy) is 1. The first-order valence-electron chi connectivity index (χ1n) is 6.38. The zero-order chi connectivity index (χ0) is 14.8. The molecule has 6 nitrogen and oxygen atoms in total. The highest BCUT2D eigenvalue weighted by Crippen LogP contribution is 2.31. The summed E-state index contributed by atoms with van der Waals surface area (Å²) in [5.41, 5.74) is 6.03. The number of methoxy groups -OCH3 is 1. The summed E-state index contributed by atoms with van der Waals surface area (Å²) in [6, 6.07) is 1.13. The summed E-state index contributed by atoms with van der Waals surface area (Å²) in [4.78, 5) is 11.4. The molecular weight excluding hydrogens is 300 g/mol. The van der Waals surface area contributed by atoms with Gasteiger partial charge in [0.05, 0.1) is 13.5 Å². The second kappa shape index (κ2) is 6.11. The maximum Gasteiger partial charge on any atom is 0.307 e. The normalized spacial score (nSPS) is 20.8. The number of anilines is 1. The van der Waals surface area contributed by atoms with Crippen molar-refractivity contribution in [2.24, 2.45) is 0 Å². The molecule has 0 aliphatic carbocycles. The number of rotatable bonds is 4. The first-order valence-corrected chi connectivity index (χ1v) is 8.70. The minimum absolute atomic E-state index is 0.0938. The van der Waals surface area contributed by atoms with Crippen molar-refractivity contribution >= 4 is 33.0 Å². The number of hydrogen-bond acceptors (Lipinski definition) is 6. The lowest BCUT2D eigenvalue weighted by Crippen LogP contribution is -2.44. The minimum Gasteiger partial charge on any atom is -0.469 e. The highest BCUT2D eigenvalue weighted by Gasteiger charge is 2.35. The fraction of sp³-hybridized carbons (Fsp3) is 0.583. The zero-order valence-electron chi connectivity index (χ0n) is 11.2. The van der Waals surface area contributed by atoms with Crippen LogP contribution in [0.2, 0.25) is 0 Å². The van der Waals surface area contributed by atoms with Crippen molar-refractivity contribution < 1.29 is 17.9 Å². The quantitative estimate of drug-likeness (QED) is 0.848. The van der Waals surface area contributed by atoms with Gasteiger partial charge in [0.25, 0.3) is 10.0 Å². The molecule has 1 atom stereocenters. The van der Waals surface area contributed by atoms with Crippen LogP contribution in [0.4, 0.5) is 5.69 Å². The van der Waals surface area contributed by atoms with Gasteiger partial charge in [-0.25, -0.2) is 8.42 Å². The number of carbonyl (C=O) groups is 1. The van der Waals surface area contributed by atoms with E-state index in [9.17, 15) is 13.2 Å². The van der Waals surface area contributed by atoms with E-state index in [4.69, 9.17) is 5.73 Å². The molecule has 0 radical (unpaired) electrons. The van der Waals surface area contributed by atoms with Gasteiger partial charge in [-0.2, -0.15) is 4.31 Å². The number of nitrogen functional groups attached to an aromatic ring is 1. The highest BCUT2D eigenvalue weighted by atomic mass is 32.2. The summed E-state index contributed by atoms with van der Waals surface area (Å²) >= 11 is 1.11. The Morgan fingerprint density at radius 3 is 2.90 bits per heavy atom. The van der Waals surface area contributed by atoms with Gasteiger partial charge >= 0.3 is 5.97 Å². The molecule has 0 amide bonds. The van der Waals surface area contributed by atoms with Gasteiger partial charge in [-0.3, -0.25) is 4.79 Å². The molecule has 0 saturated carbocycles. The van der Waals surface area contributed by atoms with E-state index in [-0.39, 0.29) is 22.6 Å². The van der Waals surface area contributed by atoms with Gasteiger partial charge < -0.3 is 10.5 Å². The van der Waals surface area contributed by atoms with Gasteiger partial charge in [0.15, 0.2) is 0 Å². The standard InChI is InChI=1S/C12H18N2O4S2/c1-18-11(15)7-10-4-2-3-5-14(10)20(16,17)12-6-9(13)8-19-12/h6,8,10H,2-5,7,13H2,1H3. The summed E-state index contributed by atoms with van der Waals surface area (Å²) in [5, 5.41) is 1.60. The van der Waals surface area contributed by atoms with Gasteiger partial charge in [0, 0.05) is 23.7 Å².